The van der Waals surface area contributed by atoms with Gasteiger partial charge < -0.3 is 4.74 Å². The number of halogens is 1. The lowest BCUT2D eigenvalue weighted by atomic mass is 9.98. The average molecular weight is 448 g/mol. The molecular formula is C26H26ClN3O2. The van der Waals surface area contributed by atoms with Gasteiger partial charge in [0.25, 0.3) is 5.91 Å². The Labute approximate surface area is 193 Å². The average Bonchev–Trinajstić information content (AvgIpc) is 3.25. The van der Waals surface area contributed by atoms with Gasteiger partial charge in [0.1, 0.15) is 5.75 Å². The predicted molar refractivity (Wildman–Crippen MR) is 128 cm³/mol. The molecule has 0 saturated carbocycles. The highest BCUT2D eigenvalue weighted by Crippen LogP contribution is 2.36. The van der Waals surface area contributed by atoms with Crippen molar-refractivity contribution in [2.45, 2.75) is 19.0 Å². The van der Waals surface area contributed by atoms with Crippen molar-refractivity contribution in [1.29, 1.82) is 0 Å². The molecule has 3 aromatic rings. The molecule has 0 aliphatic carbocycles. The molecule has 6 heteroatoms. The first-order valence-corrected chi connectivity index (χ1v) is 10.9. The maximum absolute atomic E-state index is 13.4. The van der Waals surface area contributed by atoms with Crippen LogP contribution in [0.5, 0.6) is 5.75 Å². The Morgan fingerprint density at radius 3 is 2.59 bits per heavy atom. The van der Waals surface area contributed by atoms with Crippen LogP contribution in [0.3, 0.4) is 0 Å². The van der Waals surface area contributed by atoms with Gasteiger partial charge in [-0.25, -0.2) is 5.01 Å². The lowest BCUT2D eigenvalue weighted by Gasteiger charge is -2.25. The fourth-order valence-electron chi connectivity index (χ4n) is 3.96. The highest BCUT2D eigenvalue weighted by Gasteiger charge is 2.34. The topological polar surface area (TPSA) is 45.1 Å². The van der Waals surface area contributed by atoms with Crippen LogP contribution in [0.15, 0.2) is 84.0 Å². The Morgan fingerprint density at radius 1 is 1.09 bits per heavy atom. The first-order valence-electron chi connectivity index (χ1n) is 10.6. The van der Waals surface area contributed by atoms with E-state index in [0.29, 0.717) is 18.0 Å². The highest BCUT2D eigenvalue weighted by molar-refractivity contribution is 6.31. The second-order valence-corrected chi connectivity index (χ2v) is 8.32. The molecule has 1 aliphatic rings. The molecule has 0 unspecified atom stereocenters. The van der Waals surface area contributed by atoms with Gasteiger partial charge in [-0.15, -0.1) is 0 Å². The third kappa shape index (κ3) is 5.01. The summed E-state index contributed by atoms with van der Waals surface area (Å²) in [5.41, 5.74) is 3.84. The minimum atomic E-state index is -0.248. The quantitative estimate of drug-likeness (QED) is 0.502. The monoisotopic (exact) mass is 447 g/mol. The number of amides is 1. The van der Waals surface area contributed by atoms with Crippen LogP contribution >= 0.6 is 11.6 Å². The van der Waals surface area contributed by atoms with Gasteiger partial charge in [-0.3, -0.25) is 9.69 Å². The number of carbonyl (C=O) groups excluding carboxylic acids is 1. The summed E-state index contributed by atoms with van der Waals surface area (Å²) in [7, 11) is 3.58. The summed E-state index contributed by atoms with van der Waals surface area (Å²) in [6, 6.07) is 25.3. The van der Waals surface area contributed by atoms with Crippen molar-refractivity contribution in [2.24, 2.45) is 5.10 Å². The van der Waals surface area contributed by atoms with Gasteiger partial charge in [0, 0.05) is 23.6 Å². The van der Waals surface area contributed by atoms with Crippen molar-refractivity contribution in [1.82, 2.24) is 9.91 Å². The van der Waals surface area contributed by atoms with E-state index < -0.39 is 0 Å². The lowest BCUT2D eigenvalue weighted by Crippen LogP contribution is -2.36. The zero-order valence-corrected chi connectivity index (χ0v) is 19.0. The molecule has 0 radical (unpaired) electrons. The van der Waals surface area contributed by atoms with Crippen molar-refractivity contribution >= 4 is 23.2 Å². The predicted octanol–water partition coefficient (Wildman–Crippen LogP) is 5.16. The molecule has 1 amide bonds. The minimum Gasteiger partial charge on any atom is -0.497 e. The molecule has 1 heterocycles. The molecular weight excluding hydrogens is 422 g/mol. The summed E-state index contributed by atoms with van der Waals surface area (Å²) in [5.74, 6) is 0.693. The zero-order chi connectivity index (χ0) is 22.5. The summed E-state index contributed by atoms with van der Waals surface area (Å²) in [5, 5.41) is 6.98. The molecule has 32 heavy (non-hydrogen) atoms. The van der Waals surface area contributed by atoms with E-state index in [1.165, 1.54) is 0 Å². The van der Waals surface area contributed by atoms with E-state index in [9.17, 15) is 4.79 Å². The summed E-state index contributed by atoms with van der Waals surface area (Å²) in [4.78, 5) is 15.4. The van der Waals surface area contributed by atoms with Crippen LogP contribution in [0.2, 0.25) is 5.02 Å². The lowest BCUT2D eigenvalue weighted by molar-refractivity contribution is -0.134. The first-order chi connectivity index (χ1) is 15.5. The number of ether oxygens (including phenoxy) is 1. The number of benzene rings is 3. The molecule has 5 nitrogen and oxygen atoms in total. The minimum absolute atomic E-state index is 0.0637. The molecule has 4 rings (SSSR count). The SMILES string of the molecule is COc1cccc(C2=NN(C(=O)CN(C)Cc3ccccc3)[C@H](c3ccccc3Cl)C2)c1. The van der Waals surface area contributed by atoms with Crippen LogP contribution in [-0.4, -0.2) is 42.2 Å². The van der Waals surface area contributed by atoms with Gasteiger partial charge in [0.2, 0.25) is 0 Å². The number of hydrogen-bond acceptors (Lipinski definition) is 4. The van der Waals surface area contributed by atoms with Crippen LogP contribution in [0, 0.1) is 0 Å². The molecule has 0 aromatic heterocycles. The summed E-state index contributed by atoms with van der Waals surface area (Å²) in [6.45, 7) is 0.939. The molecule has 1 atom stereocenters. The Morgan fingerprint density at radius 2 is 1.84 bits per heavy atom. The number of carbonyl (C=O) groups is 1. The highest BCUT2D eigenvalue weighted by atomic mass is 35.5. The van der Waals surface area contributed by atoms with Crippen LogP contribution in [0.4, 0.5) is 0 Å². The van der Waals surface area contributed by atoms with Gasteiger partial charge in [0.15, 0.2) is 0 Å². The van der Waals surface area contributed by atoms with Crippen LogP contribution in [0.25, 0.3) is 0 Å². The number of hydrogen-bond donors (Lipinski definition) is 0. The van der Waals surface area contributed by atoms with Gasteiger partial charge in [0.05, 0.1) is 25.4 Å². The van der Waals surface area contributed by atoms with Gasteiger partial charge >= 0.3 is 0 Å². The van der Waals surface area contributed by atoms with E-state index in [-0.39, 0.29) is 18.5 Å². The summed E-state index contributed by atoms with van der Waals surface area (Å²) < 4.78 is 5.37. The number of methoxy groups -OCH3 is 1. The van der Waals surface area contributed by atoms with E-state index in [2.05, 4.69) is 12.1 Å². The Balaban J connectivity index is 1.59. The second kappa shape index (κ2) is 9.98. The maximum Gasteiger partial charge on any atom is 0.257 e. The largest absolute Gasteiger partial charge is 0.497 e. The van der Waals surface area contributed by atoms with Crippen molar-refractivity contribution in [3.8, 4) is 5.75 Å². The second-order valence-electron chi connectivity index (χ2n) is 7.92. The zero-order valence-electron chi connectivity index (χ0n) is 18.2. The van der Waals surface area contributed by atoms with Crippen LogP contribution in [-0.2, 0) is 11.3 Å². The van der Waals surface area contributed by atoms with Gasteiger partial charge in [-0.2, -0.15) is 5.10 Å². The van der Waals surface area contributed by atoms with Crippen molar-refractivity contribution in [3.63, 3.8) is 0 Å². The van der Waals surface area contributed by atoms with Crippen molar-refractivity contribution in [3.05, 3.63) is 101 Å². The van der Waals surface area contributed by atoms with E-state index in [4.69, 9.17) is 21.4 Å². The Kier molecular flexibility index (Phi) is 6.88. The smallest absolute Gasteiger partial charge is 0.257 e. The molecule has 0 fully saturated rings. The fraction of sp³-hybridized carbons (Fsp3) is 0.231. The van der Waals surface area contributed by atoms with Crippen molar-refractivity contribution in [2.75, 3.05) is 20.7 Å². The van der Waals surface area contributed by atoms with E-state index in [1.807, 2.05) is 78.7 Å². The first kappa shape index (κ1) is 22.1. The van der Waals surface area contributed by atoms with Crippen molar-refractivity contribution < 1.29 is 9.53 Å². The third-order valence-corrected chi connectivity index (χ3v) is 5.88. The van der Waals surface area contributed by atoms with Crippen LogP contribution in [0.1, 0.15) is 29.2 Å². The number of hydrazone groups is 1. The number of likely N-dealkylation sites (N-methyl/N-ethyl adjacent to an activating group) is 1. The number of nitrogens with zero attached hydrogens (tertiary/aromatic N) is 3. The van der Waals surface area contributed by atoms with Gasteiger partial charge in [-0.1, -0.05) is 72.3 Å². The summed E-state index contributed by atoms with van der Waals surface area (Å²) >= 11 is 6.51. The van der Waals surface area contributed by atoms with E-state index in [0.717, 1.165) is 28.2 Å². The molecule has 164 valence electrons. The van der Waals surface area contributed by atoms with E-state index >= 15 is 0 Å². The standard InChI is InChI=1S/C26H26ClN3O2/c1-29(17-19-9-4-3-5-10-19)18-26(31)30-25(22-13-6-7-14-23(22)27)16-24(28-30)20-11-8-12-21(15-20)32-2/h3-15,25H,16-18H2,1-2H3/t25-/m0/s1. The normalized spacial score (nSPS) is 15.7. The molecule has 1 aliphatic heterocycles. The van der Waals surface area contributed by atoms with Gasteiger partial charge in [-0.05, 0) is 36.4 Å². The van der Waals surface area contributed by atoms with E-state index in [1.54, 1.807) is 12.1 Å². The Hall–Kier alpha value is -3.15. The maximum atomic E-state index is 13.4. The molecule has 0 saturated heterocycles. The molecule has 0 N–H and O–H groups in total. The summed E-state index contributed by atoms with van der Waals surface area (Å²) in [6.07, 6.45) is 0.588. The molecule has 0 spiro atoms. The molecule has 3 aromatic carbocycles. The molecule has 0 bridgehead atoms. The fourth-order valence-corrected chi connectivity index (χ4v) is 4.22. The third-order valence-electron chi connectivity index (χ3n) is 5.53. The Bertz CT molecular complexity index is 1120. The van der Waals surface area contributed by atoms with Crippen LogP contribution < -0.4 is 4.74 Å². The number of rotatable bonds is 7.